The number of ether oxygens (including phenoxy) is 1. The summed E-state index contributed by atoms with van der Waals surface area (Å²) >= 11 is 0. The van der Waals surface area contributed by atoms with Crippen molar-refractivity contribution in [2.24, 2.45) is 0 Å². The van der Waals surface area contributed by atoms with Crippen LogP contribution < -0.4 is 5.32 Å². The third kappa shape index (κ3) is 3.81. The molecule has 110 valence electrons. The van der Waals surface area contributed by atoms with Crippen LogP contribution in [0.1, 0.15) is 28.8 Å². The molecule has 1 N–H and O–H groups in total. The molecule has 3 nitrogen and oxygen atoms in total. The van der Waals surface area contributed by atoms with Gasteiger partial charge < -0.3 is 10.1 Å². The molecule has 1 atom stereocenters. The maximum absolute atomic E-state index is 13.4. The van der Waals surface area contributed by atoms with Gasteiger partial charge in [-0.2, -0.15) is 0 Å². The Bertz CT molecular complexity index is 613. The standard InChI is InChI=1S/C17H18FNO2/c1-12(13-6-4-3-5-7-13)11-19-16-10-14(18)8-9-15(16)17(20)21-2/h3-10,12,19H,11H2,1-2H3. The first-order valence-corrected chi connectivity index (χ1v) is 6.78. The molecule has 0 aromatic heterocycles. The SMILES string of the molecule is COC(=O)c1ccc(F)cc1NCC(C)c1ccccc1. The van der Waals surface area contributed by atoms with E-state index in [4.69, 9.17) is 4.74 Å². The van der Waals surface area contributed by atoms with Gasteiger partial charge in [0.25, 0.3) is 0 Å². The van der Waals surface area contributed by atoms with E-state index in [2.05, 4.69) is 12.2 Å². The predicted molar refractivity (Wildman–Crippen MR) is 81.1 cm³/mol. The predicted octanol–water partition coefficient (Wildman–Crippen LogP) is 3.83. The molecule has 0 radical (unpaired) electrons. The molecule has 0 amide bonds. The van der Waals surface area contributed by atoms with Gasteiger partial charge in [-0.05, 0) is 29.7 Å². The van der Waals surface area contributed by atoms with Gasteiger partial charge in [0.05, 0.1) is 18.4 Å². The number of esters is 1. The minimum Gasteiger partial charge on any atom is -0.465 e. The Morgan fingerprint density at radius 3 is 2.62 bits per heavy atom. The average molecular weight is 287 g/mol. The lowest BCUT2D eigenvalue weighted by Gasteiger charge is -2.16. The molecular formula is C17H18FNO2. The summed E-state index contributed by atoms with van der Waals surface area (Å²) in [6, 6.07) is 14.0. The monoisotopic (exact) mass is 287 g/mol. The Morgan fingerprint density at radius 1 is 1.24 bits per heavy atom. The number of hydrogen-bond acceptors (Lipinski definition) is 3. The van der Waals surface area contributed by atoms with E-state index in [1.807, 2.05) is 30.3 Å². The fourth-order valence-electron chi connectivity index (χ4n) is 2.11. The fraction of sp³-hybridized carbons (Fsp3) is 0.235. The second kappa shape index (κ2) is 6.88. The largest absolute Gasteiger partial charge is 0.465 e. The van der Waals surface area contributed by atoms with Crippen LogP contribution in [0.2, 0.25) is 0 Å². The van der Waals surface area contributed by atoms with Crippen molar-refractivity contribution in [3.8, 4) is 0 Å². The molecule has 0 spiro atoms. The van der Waals surface area contributed by atoms with Crippen molar-refractivity contribution in [1.82, 2.24) is 0 Å². The summed E-state index contributed by atoms with van der Waals surface area (Å²) < 4.78 is 18.1. The van der Waals surface area contributed by atoms with E-state index in [0.29, 0.717) is 17.8 Å². The maximum atomic E-state index is 13.4. The van der Waals surface area contributed by atoms with E-state index in [9.17, 15) is 9.18 Å². The minimum absolute atomic E-state index is 0.236. The van der Waals surface area contributed by atoms with Crippen molar-refractivity contribution in [1.29, 1.82) is 0 Å². The summed E-state index contributed by atoms with van der Waals surface area (Å²) in [5.41, 5.74) is 1.96. The zero-order valence-electron chi connectivity index (χ0n) is 12.1. The third-order valence-electron chi connectivity index (χ3n) is 3.35. The van der Waals surface area contributed by atoms with Gasteiger partial charge in [0.1, 0.15) is 5.82 Å². The van der Waals surface area contributed by atoms with E-state index < -0.39 is 11.8 Å². The highest BCUT2D eigenvalue weighted by atomic mass is 19.1. The lowest BCUT2D eigenvalue weighted by Crippen LogP contribution is -2.13. The number of hydrogen-bond donors (Lipinski definition) is 1. The van der Waals surface area contributed by atoms with Crippen molar-refractivity contribution in [3.63, 3.8) is 0 Å². The Labute approximate surface area is 123 Å². The van der Waals surface area contributed by atoms with Crippen molar-refractivity contribution < 1.29 is 13.9 Å². The molecule has 1 unspecified atom stereocenters. The number of halogens is 1. The molecule has 21 heavy (non-hydrogen) atoms. The molecule has 0 heterocycles. The highest BCUT2D eigenvalue weighted by Crippen LogP contribution is 2.21. The van der Waals surface area contributed by atoms with Crippen LogP contribution in [0.4, 0.5) is 10.1 Å². The number of methoxy groups -OCH3 is 1. The molecule has 0 aliphatic heterocycles. The lowest BCUT2D eigenvalue weighted by molar-refractivity contribution is 0.0602. The minimum atomic E-state index is -0.482. The average Bonchev–Trinajstić information content (AvgIpc) is 2.52. The van der Waals surface area contributed by atoms with Crippen LogP contribution >= 0.6 is 0 Å². The first-order chi connectivity index (χ1) is 10.1. The van der Waals surface area contributed by atoms with Gasteiger partial charge in [0.15, 0.2) is 0 Å². The maximum Gasteiger partial charge on any atom is 0.339 e. The second-order valence-electron chi connectivity index (χ2n) is 4.87. The highest BCUT2D eigenvalue weighted by molar-refractivity contribution is 5.95. The quantitative estimate of drug-likeness (QED) is 0.849. The summed E-state index contributed by atoms with van der Waals surface area (Å²) in [5.74, 6) is -0.637. The Morgan fingerprint density at radius 2 is 1.95 bits per heavy atom. The Kier molecular flexibility index (Phi) is 4.93. The number of anilines is 1. The third-order valence-corrected chi connectivity index (χ3v) is 3.35. The smallest absolute Gasteiger partial charge is 0.339 e. The molecule has 2 aromatic rings. The number of rotatable bonds is 5. The number of carbonyl (C=O) groups excluding carboxylic acids is 1. The summed E-state index contributed by atoms with van der Waals surface area (Å²) in [6.07, 6.45) is 0. The Balaban J connectivity index is 2.12. The van der Waals surface area contributed by atoms with Gasteiger partial charge in [0.2, 0.25) is 0 Å². The molecule has 4 heteroatoms. The molecule has 0 aliphatic carbocycles. The summed E-state index contributed by atoms with van der Waals surface area (Å²) in [4.78, 5) is 11.7. The van der Waals surface area contributed by atoms with Gasteiger partial charge in [-0.1, -0.05) is 37.3 Å². The van der Waals surface area contributed by atoms with E-state index in [-0.39, 0.29) is 5.92 Å². The Hall–Kier alpha value is -2.36. The van der Waals surface area contributed by atoms with Gasteiger partial charge in [0, 0.05) is 6.54 Å². The lowest BCUT2D eigenvalue weighted by atomic mass is 10.0. The van der Waals surface area contributed by atoms with Crippen molar-refractivity contribution in [2.45, 2.75) is 12.8 Å². The van der Waals surface area contributed by atoms with Crippen LogP contribution in [0.5, 0.6) is 0 Å². The number of benzene rings is 2. The van der Waals surface area contributed by atoms with Crippen LogP contribution in [0.15, 0.2) is 48.5 Å². The van der Waals surface area contributed by atoms with Crippen LogP contribution in [-0.4, -0.2) is 19.6 Å². The molecular weight excluding hydrogens is 269 g/mol. The first kappa shape index (κ1) is 15.0. The molecule has 0 fully saturated rings. The molecule has 2 aromatic carbocycles. The molecule has 0 saturated carbocycles. The first-order valence-electron chi connectivity index (χ1n) is 6.78. The summed E-state index contributed by atoms with van der Waals surface area (Å²) in [5, 5.41) is 3.13. The fourth-order valence-corrected chi connectivity index (χ4v) is 2.11. The van der Waals surface area contributed by atoms with Crippen molar-refractivity contribution in [3.05, 3.63) is 65.5 Å². The normalized spacial score (nSPS) is 11.8. The molecule has 0 saturated heterocycles. The zero-order chi connectivity index (χ0) is 15.2. The van der Waals surface area contributed by atoms with Gasteiger partial charge in [-0.15, -0.1) is 0 Å². The van der Waals surface area contributed by atoms with Crippen molar-refractivity contribution in [2.75, 3.05) is 19.0 Å². The van der Waals surface area contributed by atoms with Crippen LogP contribution in [-0.2, 0) is 4.74 Å². The van der Waals surface area contributed by atoms with E-state index in [1.54, 1.807) is 0 Å². The van der Waals surface area contributed by atoms with Crippen LogP contribution in [0.25, 0.3) is 0 Å². The number of nitrogens with one attached hydrogen (secondary N) is 1. The highest BCUT2D eigenvalue weighted by Gasteiger charge is 2.13. The summed E-state index contributed by atoms with van der Waals surface area (Å²) in [6.45, 7) is 2.66. The molecule has 0 aliphatic rings. The second-order valence-corrected chi connectivity index (χ2v) is 4.87. The number of carbonyl (C=O) groups is 1. The van der Waals surface area contributed by atoms with E-state index in [1.165, 1.54) is 30.9 Å². The van der Waals surface area contributed by atoms with Crippen LogP contribution in [0, 0.1) is 5.82 Å². The zero-order valence-corrected chi connectivity index (χ0v) is 12.1. The molecule has 2 rings (SSSR count). The van der Waals surface area contributed by atoms with E-state index >= 15 is 0 Å². The van der Waals surface area contributed by atoms with Gasteiger partial charge >= 0.3 is 5.97 Å². The molecule has 0 bridgehead atoms. The topological polar surface area (TPSA) is 38.3 Å². The van der Waals surface area contributed by atoms with Gasteiger partial charge in [-0.3, -0.25) is 0 Å². The van der Waals surface area contributed by atoms with Gasteiger partial charge in [-0.25, -0.2) is 9.18 Å². The van der Waals surface area contributed by atoms with E-state index in [0.717, 1.165) is 0 Å². The van der Waals surface area contributed by atoms with Crippen LogP contribution in [0.3, 0.4) is 0 Å². The summed E-state index contributed by atoms with van der Waals surface area (Å²) in [7, 11) is 1.31. The van der Waals surface area contributed by atoms with Crippen molar-refractivity contribution >= 4 is 11.7 Å².